The first kappa shape index (κ1) is 51.6. The number of hydrogen-bond acceptors (Lipinski definition) is 5. The Labute approximate surface area is 306 Å². The predicted molar refractivity (Wildman–Crippen MR) is 209 cm³/mol. The zero-order chi connectivity index (χ0) is 33.8. The molecular formula is C37H55BrF2O8P2. The van der Waals surface area contributed by atoms with Crippen LogP contribution in [0.2, 0.25) is 0 Å². The lowest BCUT2D eigenvalue weighted by Gasteiger charge is -2.17. The van der Waals surface area contributed by atoms with Crippen molar-refractivity contribution in [2.24, 2.45) is 0 Å². The summed E-state index contributed by atoms with van der Waals surface area (Å²) in [5.41, 5.74) is 1.61. The highest BCUT2D eigenvalue weighted by molar-refractivity contribution is 9.08. The van der Waals surface area contributed by atoms with Gasteiger partial charge in [0.2, 0.25) is 0 Å². The largest absolute Gasteiger partial charge is 0.454 e. The quantitative estimate of drug-likeness (QED) is 0.0918. The first-order chi connectivity index (χ1) is 22.2. The van der Waals surface area contributed by atoms with E-state index in [4.69, 9.17) is 18.5 Å². The van der Waals surface area contributed by atoms with Crippen LogP contribution >= 0.6 is 31.4 Å². The highest BCUT2D eigenvalue weighted by atomic mass is 79.9. The third kappa shape index (κ3) is 19.0. The van der Waals surface area contributed by atoms with Crippen molar-refractivity contribution in [1.29, 1.82) is 0 Å². The molecule has 4 aromatic rings. The number of benzene rings is 4. The molecule has 0 saturated carbocycles. The van der Waals surface area contributed by atoms with Crippen molar-refractivity contribution < 1.29 is 48.3 Å². The van der Waals surface area contributed by atoms with E-state index in [0.29, 0.717) is 30.3 Å². The summed E-state index contributed by atoms with van der Waals surface area (Å²) in [4.78, 5) is 0. The Bertz CT molecular complexity index is 1450. The predicted octanol–water partition coefficient (Wildman–Crippen LogP) is 10.6. The molecule has 4 aromatic carbocycles. The fraction of sp³-hybridized carbons (Fsp3) is 0.351. The molecule has 0 atom stereocenters. The minimum Gasteiger partial charge on any atom is -0.454 e. The summed E-state index contributed by atoms with van der Waals surface area (Å²) < 4.78 is 61.5. The molecular weight excluding hydrogens is 752 g/mol. The Morgan fingerprint density at radius 3 is 1.34 bits per heavy atom. The normalized spacial score (nSPS) is 9.94. The van der Waals surface area contributed by atoms with Crippen LogP contribution in [0.5, 0.6) is 23.0 Å². The maximum absolute atomic E-state index is 13.9. The molecule has 0 aliphatic carbocycles. The standard InChI is InChI=1S/C17H20FO4P.C13H10BrFO.C6H15P.CH4.3H2O/c1-3-20-23(19,21-4-2)13-14-10-11-16(18)17(12-14)22-15-8-6-5-7-9-15;14-9-10-6-7-12(15)13(8-10)16-11-4-2-1-3-5-11;1-4-7(5-2)6-3;;;;/h5-12H,3-4,13H2,1-2H3;1-8H,9H2;4-6H2,1-3H3;1H4;3*1H2. The number of halogens is 3. The first-order valence-electron chi connectivity index (χ1n) is 15.4. The van der Waals surface area contributed by atoms with Crippen LogP contribution in [0.1, 0.15) is 53.2 Å². The van der Waals surface area contributed by atoms with E-state index in [1.54, 1.807) is 68.4 Å². The molecule has 0 bridgehead atoms. The lowest BCUT2D eigenvalue weighted by molar-refractivity contribution is 0.219. The number of hydrogen-bond donors (Lipinski definition) is 0. The maximum atomic E-state index is 13.9. The molecule has 0 aromatic heterocycles. The Balaban J connectivity index is -0.000000718. The summed E-state index contributed by atoms with van der Waals surface area (Å²) in [6.45, 7) is 10.9. The van der Waals surface area contributed by atoms with E-state index in [9.17, 15) is 13.3 Å². The monoisotopic (exact) mass is 806 g/mol. The van der Waals surface area contributed by atoms with Crippen LogP contribution in [0, 0.1) is 11.6 Å². The smallest absolute Gasteiger partial charge is 0.335 e. The Kier molecular flexibility index (Phi) is 29.9. The SMILES string of the molecule is C.CCOP(=O)(Cc1ccc(F)c(Oc2ccccc2)c1)OCC.CCP(CC)CC.Fc1ccc(CBr)cc1Oc1ccccc1.O.O.O. The van der Waals surface area contributed by atoms with E-state index in [2.05, 4.69) is 36.7 Å². The van der Waals surface area contributed by atoms with Crippen LogP contribution < -0.4 is 9.47 Å². The molecule has 13 heteroatoms. The molecule has 4 rings (SSSR count). The van der Waals surface area contributed by atoms with E-state index in [1.165, 1.54) is 36.7 Å². The molecule has 0 unspecified atom stereocenters. The number of rotatable bonds is 14. The molecule has 0 amide bonds. The Morgan fingerprint density at radius 1 is 0.620 bits per heavy atom. The van der Waals surface area contributed by atoms with E-state index in [0.717, 1.165) is 5.56 Å². The minimum atomic E-state index is -3.24. The van der Waals surface area contributed by atoms with Gasteiger partial charge in [0.05, 0.1) is 19.4 Å². The van der Waals surface area contributed by atoms with Crippen LogP contribution in [0.15, 0.2) is 97.1 Å². The van der Waals surface area contributed by atoms with Crippen LogP contribution in [0.3, 0.4) is 0 Å². The number of ether oxygens (including phenoxy) is 2. The second kappa shape index (κ2) is 28.9. The first-order valence-corrected chi connectivity index (χ1v) is 20.1. The van der Waals surface area contributed by atoms with Gasteiger partial charge >= 0.3 is 7.60 Å². The van der Waals surface area contributed by atoms with Gasteiger partial charge < -0.3 is 34.9 Å². The van der Waals surface area contributed by atoms with Gasteiger partial charge in [0.25, 0.3) is 0 Å². The van der Waals surface area contributed by atoms with Gasteiger partial charge in [0.15, 0.2) is 23.1 Å². The van der Waals surface area contributed by atoms with Crippen molar-refractivity contribution in [3.63, 3.8) is 0 Å². The summed E-state index contributed by atoms with van der Waals surface area (Å²) in [5.74, 6) is 0.652. The van der Waals surface area contributed by atoms with Gasteiger partial charge in [-0.3, -0.25) is 4.57 Å². The van der Waals surface area contributed by atoms with E-state index >= 15 is 0 Å². The molecule has 6 N–H and O–H groups in total. The molecule has 0 spiro atoms. The minimum absolute atomic E-state index is 0. The fourth-order valence-electron chi connectivity index (χ4n) is 4.08. The molecule has 0 saturated heterocycles. The second-order valence-electron chi connectivity index (χ2n) is 9.72. The third-order valence-corrected chi connectivity index (χ3v) is 11.8. The molecule has 8 nitrogen and oxygen atoms in total. The van der Waals surface area contributed by atoms with Crippen LogP contribution in [0.4, 0.5) is 8.78 Å². The van der Waals surface area contributed by atoms with Gasteiger partial charge in [-0.25, -0.2) is 8.78 Å². The second-order valence-corrected chi connectivity index (χ2v) is 15.6. The van der Waals surface area contributed by atoms with E-state index in [1.807, 2.05) is 24.3 Å². The average Bonchev–Trinajstić information content (AvgIpc) is 3.06. The highest BCUT2D eigenvalue weighted by Crippen LogP contribution is 2.51. The van der Waals surface area contributed by atoms with Gasteiger partial charge in [-0.15, -0.1) is 7.92 Å². The lowest BCUT2D eigenvalue weighted by atomic mass is 10.2. The van der Waals surface area contributed by atoms with Crippen molar-refractivity contribution in [2.45, 2.75) is 53.5 Å². The molecule has 0 heterocycles. The zero-order valence-electron chi connectivity index (χ0n) is 28.8. The molecule has 282 valence electrons. The fourth-order valence-corrected chi connectivity index (χ4v) is 7.46. The number of alkyl halides is 1. The van der Waals surface area contributed by atoms with Gasteiger partial charge in [0.1, 0.15) is 11.5 Å². The van der Waals surface area contributed by atoms with Gasteiger partial charge in [0, 0.05) is 5.33 Å². The Hall–Kier alpha value is -2.72. The lowest BCUT2D eigenvalue weighted by Crippen LogP contribution is -2.00. The third-order valence-electron chi connectivity index (χ3n) is 6.46. The summed E-state index contributed by atoms with van der Waals surface area (Å²) in [6.07, 6.45) is 4.33. The zero-order valence-corrected chi connectivity index (χ0v) is 32.1. The molecule has 0 fully saturated rings. The van der Waals surface area contributed by atoms with Gasteiger partial charge in [-0.2, -0.15) is 0 Å². The van der Waals surface area contributed by atoms with Crippen molar-refractivity contribution in [1.82, 2.24) is 0 Å². The molecule has 0 aliphatic heterocycles. The Morgan fingerprint density at radius 2 is 1.00 bits per heavy atom. The molecule has 0 radical (unpaired) electrons. The summed E-state index contributed by atoms with van der Waals surface area (Å²) in [5, 5.41) is 0.679. The maximum Gasteiger partial charge on any atom is 0.335 e. The van der Waals surface area contributed by atoms with Crippen molar-refractivity contribution in [3.05, 3.63) is 120 Å². The summed E-state index contributed by atoms with van der Waals surface area (Å²) in [7, 11) is -2.79. The summed E-state index contributed by atoms with van der Waals surface area (Å²) >= 11 is 3.32. The van der Waals surface area contributed by atoms with Crippen molar-refractivity contribution in [2.75, 3.05) is 31.7 Å². The van der Waals surface area contributed by atoms with Crippen LogP contribution in [-0.2, 0) is 25.1 Å². The highest BCUT2D eigenvalue weighted by Gasteiger charge is 2.24. The van der Waals surface area contributed by atoms with Crippen molar-refractivity contribution >= 4 is 31.4 Å². The van der Waals surface area contributed by atoms with Gasteiger partial charge in [-0.05, 0) is 92.0 Å². The van der Waals surface area contributed by atoms with Crippen LogP contribution in [-0.4, -0.2) is 48.1 Å². The van der Waals surface area contributed by atoms with E-state index < -0.39 is 13.4 Å². The van der Waals surface area contributed by atoms with E-state index in [-0.39, 0.29) is 60.5 Å². The average molecular weight is 808 g/mol. The molecule has 50 heavy (non-hydrogen) atoms. The summed E-state index contributed by atoms with van der Waals surface area (Å²) in [6, 6.07) is 27.3. The topological polar surface area (TPSA) is 148 Å². The molecule has 0 aliphatic rings. The number of para-hydroxylation sites is 2. The van der Waals surface area contributed by atoms with Crippen LogP contribution in [0.25, 0.3) is 0 Å². The van der Waals surface area contributed by atoms with Crippen molar-refractivity contribution in [3.8, 4) is 23.0 Å². The van der Waals surface area contributed by atoms with Gasteiger partial charge in [-0.1, -0.05) is 92.7 Å².